The number of carbonyl (C=O) groups is 2. The van der Waals surface area contributed by atoms with E-state index in [0.29, 0.717) is 12.1 Å². The minimum atomic E-state index is -6.86. The zero-order valence-electron chi connectivity index (χ0n) is 14.2. The summed E-state index contributed by atoms with van der Waals surface area (Å²) in [6.07, 6.45) is -13.7. The summed E-state index contributed by atoms with van der Waals surface area (Å²) in [7, 11) is 0. The number of rotatable bonds is 6. The van der Waals surface area contributed by atoms with Crippen LogP contribution in [-0.4, -0.2) is 47.1 Å². The molecular formula is C14H4F14O3S. The molecule has 0 unspecified atom stereocenters. The molecule has 0 N–H and O–H groups in total. The molecule has 0 aliphatic carbocycles. The van der Waals surface area contributed by atoms with Crippen molar-refractivity contribution in [3.8, 4) is 5.75 Å². The van der Waals surface area contributed by atoms with Gasteiger partial charge in [0.15, 0.2) is 0 Å². The second-order valence-electron chi connectivity index (χ2n) is 5.54. The van der Waals surface area contributed by atoms with E-state index >= 15 is 0 Å². The summed E-state index contributed by atoms with van der Waals surface area (Å²) in [5.41, 5.74) is 0. The SMILES string of the molecule is O=C(Oc1ccc(SC(=O)C(F)(F)C(F)(F)C(F)(F)F)cc1)C(F)(F)C(F)(F)C(F)(F)F. The summed E-state index contributed by atoms with van der Waals surface area (Å²) >= 11 is -0.892. The van der Waals surface area contributed by atoms with Gasteiger partial charge >= 0.3 is 42.0 Å². The summed E-state index contributed by atoms with van der Waals surface area (Å²) in [5.74, 6) is -30.9. The number of thioether (sulfide) groups is 1. The lowest BCUT2D eigenvalue weighted by Gasteiger charge is -2.26. The van der Waals surface area contributed by atoms with Crippen LogP contribution in [0.2, 0.25) is 0 Å². The number of halogens is 14. The maximum Gasteiger partial charge on any atom is 0.460 e. The Balaban J connectivity index is 2.99. The zero-order chi connectivity index (χ0) is 25.6. The lowest BCUT2D eigenvalue weighted by molar-refractivity contribution is -0.346. The number of hydrogen-bond donors (Lipinski definition) is 0. The van der Waals surface area contributed by atoms with Gasteiger partial charge in [0.2, 0.25) is 0 Å². The third kappa shape index (κ3) is 4.88. The number of hydrogen-bond acceptors (Lipinski definition) is 4. The fraction of sp³-hybridized carbons (Fsp3) is 0.429. The summed E-state index contributed by atoms with van der Waals surface area (Å²) < 4.78 is 179. The van der Waals surface area contributed by atoms with Crippen LogP contribution in [0, 0.1) is 0 Å². The molecule has 0 heterocycles. The van der Waals surface area contributed by atoms with Gasteiger partial charge in [0.25, 0.3) is 5.12 Å². The van der Waals surface area contributed by atoms with Crippen molar-refractivity contribution in [2.75, 3.05) is 0 Å². The van der Waals surface area contributed by atoms with Crippen molar-refractivity contribution >= 4 is 22.8 Å². The largest absolute Gasteiger partial charge is 0.460 e. The van der Waals surface area contributed by atoms with Gasteiger partial charge in [-0.25, -0.2) is 4.79 Å². The van der Waals surface area contributed by atoms with Crippen LogP contribution in [0.25, 0.3) is 0 Å². The number of esters is 1. The minimum Gasteiger partial charge on any atom is -0.422 e. The van der Waals surface area contributed by atoms with Crippen LogP contribution in [-0.2, 0) is 9.59 Å². The maximum atomic E-state index is 13.2. The highest BCUT2D eigenvalue weighted by Gasteiger charge is 2.77. The molecule has 0 atom stereocenters. The predicted molar refractivity (Wildman–Crippen MR) is 74.8 cm³/mol. The van der Waals surface area contributed by atoms with Crippen molar-refractivity contribution in [3.63, 3.8) is 0 Å². The second-order valence-corrected chi connectivity index (χ2v) is 6.59. The molecule has 0 spiro atoms. The number of alkyl halides is 14. The molecule has 0 radical (unpaired) electrons. The lowest BCUT2D eigenvalue weighted by Crippen LogP contribution is -2.57. The molecule has 32 heavy (non-hydrogen) atoms. The highest BCUT2D eigenvalue weighted by atomic mass is 32.2. The molecule has 18 heteroatoms. The van der Waals surface area contributed by atoms with Gasteiger partial charge in [-0.05, 0) is 36.0 Å². The summed E-state index contributed by atoms with van der Waals surface area (Å²) in [4.78, 5) is 21.4. The van der Waals surface area contributed by atoms with Gasteiger partial charge in [-0.1, -0.05) is 0 Å². The predicted octanol–water partition coefficient (Wildman–Crippen LogP) is 5.88. The van der Waals surface area contributed by atoms with Gasteiger partial charge in [-0.2, -0.15) is 61.5 Å². The molecule has 0 aliphatic rings. The van der Waals surface area contributed by atoms with Crippen LogP contribution < -0.4 is 4.74 Å². The normalized spacial score (nSPS) is 14.3. The van der Waals surface area contributed by atoms with Crippen molar-refractivity contribution in [1.82, 2.24) is 0 Å². The van der Waals surface area contributed by atoms with E-state index in [1.807, 2.05) is 0 Å². The fourth-order valence-electron chi connectivity index (χ4n) is 1.53. The van der Waals surface area contributed by atoms with E-state index in [0.717, 1.165) is 0 Å². The third-order valence-electron chi connectivity index (χ3n) is 3.26. The van der Waals surface area contributed by atoms with E-state index in [-0.39, 0.29) is 12.1 Å². The van der Waals surface area contributed by atoms with E-state index in [1.165, 1.54) is 0 Å². The van der Waals surface area contributed by atoms with Crippen molar-refractivity contribution < 1.29 is 75.8 Å². The van der Waals surface area contributed by atoms with Gasteiger partial charge in [0.1, 0.15) is 5.75 Å². The molecule has 0 aliphatic heterocycles. The molecule has 182 valence electrons. The monoisotopic (exact) mass is 518 g/mol. The summed E-state index contributed by atoms with van der Waals surface area (Å²) in [6.45, 7) is 0. The Hall–Kier alpha value is -2.27. The van der Waals surface area contributed by atoms with Crippen molar-refractivity contribution in [2.45, 2.75) is 40.9 Å². The first-order valence-corrected chi connectivity index (χ1v) is 8.01. The molecule has 1 aromatic rings. The Morgan fingerprint density at radius 1 is 0.625 bits per heavy atom. The van der Waals surface area contributed by atoms with Crippen LogP contribution in [0.15, 0.2) is 29.2 Å². The Morgan fingerprint density at radius 2 is 1.00 bits per heavy atom. The molecule has 0 fully saturated rings. The number of carbonyl (C=O) groups excluding carboxylic acids is 2. The van der Waals surface area contributed by atoms with Gasteiger partial charge in [0, 0.05) is 4.90 Å². The van der Waals surface area contributed by atoms with E-state index in [9.17, 15) is 71.1 Å². The van der Waals surface area contributed by atoms with Gasteiger partial charge < -0.3 is 4.74 Å². The van der Waals surface area contributed by atoms with E-state index in [2.05, 4.69) is 4.74 Å². The van der Waals surface area contributed by atoms with Gasteiger partial charge in [0.05, 0.1) is 0 Å². The Bertz CT molecular complexity index is 786. The Kier molecular flexibility index (Phi) is 7.16. The Morgan fingerprint density at radius 3 is 1.38 bits per heavy atom. The van der Waals surface area contributed by atoms with E-state index in [4.69, 9.17) is 0 Å². The topological polar surface area (TPSA) is 43.4 Å². The average molecular weight is 518 g/mol. The second kappa shape index (κ2) is 8.26. The van der Waals surface area contributed by atoms with Crippen LogP contribution in [0.5, 0.6) is 5.75 Å². The summed E-state index contributed by atoms with van der Waals surface area (Å²) in [6, 6.07) is 1.20. The molecule has 0 bridgehead atoms. The van der Waals surface area contributed by atoms with Gasteiger partial charge in [-0.3, -0.25) is 4.79 Å². The van der Waals surface area contributed by atoms with Crippen molar-refractivity contribution in [1.29, 1.82) is 0 Å². The van der Waals surface area contributed by atoms with Gasteiger partial charge in [-0.15, -0.1) is 0 Å². The number of benzene rings is 1. The first kappa shape index (κ1) is 27.8. The molecule has 0 amide bonds. The minimum absolute atomic E-state index is 0.259. The van der Waals surface area contributed by atoms with Crippen molar-refractivity contribution in [2.24, 2.45) is 0 Å². The van der Waals surface area contributed by atoms with Crippen LogP contribution in [0.3, 0.4) is 0 Å². The lowest BCUT2D eigenvalue weighted by atomic mass is 10.1. The van der Waals surface area contributed by atoms with Crippen LogP contribution in [0.4, 0.5) is 61.5 Å². The molecule has 0 saturated heterocycles. The first-order valence-electron chi connectivity index (χ1n) is 7.19. The molecular weight excluding hydrogens is 514 g/mol. The first-order chi connectivity index (χ1) is 14.0. The maximum absolute atomic E-state index is 13.2. The summed E-state index contributed by atoms with van der Waals surface area (Å²) in [5, 5.41) is -3.01. The Labute approximate surface area is 170 Å². The average Bonchev–Trinajstić information content (AvgIpc) is 2.60. The standard InChI is InChI=1S/C14H4F14O3S/c15-9(16,11(19,20)13(23,24)25)7(29)31-5-1-3-6(4-2-5)32-8(30)10(17,18)12(21,22)14(26,27)28/h1-4H. The highest BCUT2D eigenvalue weighted by molar-refractivity contribution is 8.13. The molecule has 1 aromatic carbocycles. The van der Waals surface area contributed by atoms with E-state index in [1.54, 1.807) is 0 Å². The highest BCUT2D eigenvalue weighted by Crippen LogP contribution is 2.49. The van der Waals surface area contributed by atoms with Crippen LogP contribution >= 0.6 is 11.8 Å². The molecule has 3 nitrogen and oxygen atoms in total. The van der Waals surface area contributed by atoms with Crippen LogP contribution in [0.1, 0.15) is 0 Å². The van der Waals surface area contributed by atoms with E-state index < -0.39 is 69.5 Å². The zero-order valence-corrected chi connectivity index (χ0v) is 15.1. The molecule has 0 aromatic heterocycles. The van der Waals surface area contributed by atoms with Crippen molar-refractivity contribution in [3.05, 3.63) is 24.3 Å². The smallest absolute Gasteiger partial charge is 0.422 e. The molecule has 1 rings (SSSR count). The quantitative estimate of drug-likeness (QED) is 0.204. The third-order valence-corrected chi connectivity index (χ3v) is 4.21. The molecule has 0 saturated carbocycles. The fourth-order valence-corrected chi connectivity index (χ4v) is 2.27. The number of ether oxygens (including phenoxy) is 1.